The first-order valence-electron chi connectivity index (χ1n) is 6.06. The van der Waals surface area contributed by atoms with Gasteiger partial charge in [-0.2, -0.15) is 0 Å². The van der Waals surface area contributed by atoms with Gasteiger partial charge in [-0.1, -0.05) is 6.92 Å². The summed E-state index contributed by atoms with van der Waals surface area (Å²) in [5.74, 6) is -0.331. The largest absolute Gasteiger partial charge is 0.348 e. The van der Waals surface area contributed by atoms with Crippen LogP contribution in [0.1, 0.15) is 35.2 Å². The van der Waals surface area contributed by atoms with Gasteiger partial charge in [-0.3, -0.25) is 4.79 Å². The van der Waals surface area contributed by atoms with Gasteiger partial charge in [0.25, 0.3) is 0 Å². The summed E-state index contributed by atoms with van der Waals surface area (Å²) in [6.07, 6.45) is 2.01. The third kappa shape index (κ3) is 5.30. The summed E-state index contributed by atoms with van der Waals surface area (Å²) in [7, 11) is -3.33. The number of hydrogen-bond donors (Lipinski definition) is 2. The molecule has 1 aromatic rings. The average molecular weight is 304 g/mol. The molecule has 1 heterocycles. The van der Waals surface area contributed by atoms with E-state index in [2.05, 4.69) is 30.0 Å². The Morgan fingerprint density at radius 3 is 2.58 bits per heavy atom. The predicted octanol–water partition coefficient (Wildman–Crippen LogP) is 1.35. The van der Waals surface area contributed by atoms with E-state index in [0.717, 1.165) is 17.6 Å². The Bertz CT molecular complexity index is 549. The van der Waals surface area contributed by atoms with E-state index in [1.165, 1.54) is 10.4 Å². The van der Waals surface area contributed by atoms with Crippen molar-refractivity contribution < 1.29 is 13.2 Å². The molecule has 5 nitrogen and oxygen atoms in total. The first kappa shape index (κ1) is 16.1. The lowest BCUT2D eigenvalue weighted by atomic mass is 10.2. The fraction of sp³-hybridized carbons (Fsp3) is 0.583. The number of rotatable bonds is 6. The van der Waals surface area contributed by atoms with Crippen LogP contribution in [0.4, 0.5) is 0 Å². The lowest BCUT2D eigenvalue weighted by molar-refractivity contribution is -0.120. The Balaban J connectivity index is 2.58. The molecule has 108 valence electrons. The molecular weight excluding hydrogens is 284 g/mol. The quantitative estimate of drug-likeness (QED) is 0.833. The molecule has 0 unspecified atom stereocenters. The monoisotopic (exact) mass is 304 g/mol. The van der Waals surface area contributed by atoms with Crippen molar-refractivity contribution in [3.63, 3.8) is 0 Å². The van der Waals surface area contributed by atoms with Gasteiger partial charge in [0.15, 0.2) is 0 Å². The highest BCUT2D eigenvalue weighted by Gasteiger charge is 2.14. The Morgan fingerprint density at radius 1 is 1.47 bits per heavy atom. The SMILES string of the molecule is CCc1sc([C@H](C)NC(=O)CNS(C)(=O)=O)cc1C. The van der Waals surface area contributed by atoms with Crippen LogP contribution < -0.4 is 10.0 Å². The number of aryl methyl sites for hydroxylation is 2. The Kier molecular flexibility index (Phi) is 5.51. The highest BCUT2D eigenvalue weighted by Crippen LogP contribution is 2.27. The van der Waals surface area contributed by atoms with Crippen molar-refractivity contribution in [1.29, 1.82) is 0 Å². The molecule has 0 aromatic carbocycles. The third-order valence-corrected chi connectivity index (χ3v) is 4.89. The molecule has 2 N–H and O–H groups in total. The van der Waals surface area contributed by atoms with Crippen LogP contribution in [0.2, 0.25) is 0 Å². The van der Waals surface area contributed by atoms with Crippen LogP contribution in [0.15, 0.2) is 6.07 Å². The van der Waals surface area contributed by atoms with Crippen molar-refractivity contribution in [2.45, 2.75) is 33.2 Å². The standard InChI is InChI=1S/C12H20N2O3S2/c1-5-10-8(2)6-11(18-10)9(3)14-12(15)7-13-19(4,16)17/h6,9,13H,5,7H2,1-4H3,(H,14,15)/t9-/m0/s1. The van der Waals surface area contributed by atoms with Gasteiger partial charge in [-0.05, 0) is 31.9 Å². The fourth-order valence-electron chi connectivity index (χ4n) is 1.67. The van der Waals surface area contributed by atoms with Gasteiger partial charge < -0.3 is 5.32 Å². The maximum atomic E-state index is 11.6. The molecule has 1 rings (SSSR count). The molecule has 0 bridgehead atoms. The number of carbonyl (C=O) groups excluding carboxylic acids is 1. The number of thiophene rings is 1. The second-order valence-corrected chi connectivity index (χ2v) is 7.49. The predicted molar refractivity (Wildman–Crippen MR) is 77.8 cm³/mol. The first-order valence-corrected chi connectivity index (χ1v) is 8.77. The Hall–Kier alpha value is -0.920. The van der Waals surface area contributed by atoms with Gasteiger partial charge in [0, 0.05) is 9.75 Å². The van der Waals surface area contributed by atoms with E-state index in [9.17, 15) is 13.2 Å². The highest BCUT2D eigenvalue weighted by molar-refractivity contribution is 7.88. The van der Waals surface area contributed by atoms with E-state index < -0.39 is 10.0 Å². The van der Waals surface area contributed by atoms with Crippen molar-refractivity contribution >= 4 is 27.3 Å². The first-order chi connectivity index (χ1) is 8.73. The van der Waals surface area contributed by atoms with Crippen LogP contribution in [0.3, 0.4) is 0 Å². The second kappa shape index (κ2) is 6.49. The van der Waals surface area contributed by atoms with Gasteiger partial charge >= 0.3 is 0 Å². The maximum Gasteiger partial charge on any atom is 0.235 e. The molecule has 7 heteroatoms. The van der Waals surface area contributed by atoms with Crippen molar-refractivity contribution in [3.05, 3.63) is 21.4 Å². The minimum Gasteiger partial charge on any atom is -0.348 e. The summed E-state index contributed by atoms with van der Waals surface area (Å²) < 4.78 is 23.9. The molecule has 0 fully saturated rings. The van der Waals surface area contributed by atoms with Crippen LogP contribution in [-0.2, 0) is 21.2 Å². The van der Waals surface area contributed by atoms with Gasteiger partial charge in [0.05, 0.1) is 18.8 Å². The lowest BCUT2D eigenvalue weighted by Crippen LogP contribution is -2.37. The van der Waals surface area contributed by atoms with E-state index >= 15 is 0 Å². The molecule has 0 spiro atoms. The molecule has 0 saturated heterocycles. The minimum atomic E-state index is -3.33. The van der Waals surface area contributed by atoms with Crippen LogP contribution in [-0.4, -0.2) is 27.1 Å². The van der Waals surface area contributed by atoms with E-state index in [1.54, 1.807) is 11.3 Å². The highest BCUT2D eigenvalue weighted by atomic mass is 32.2. The van der Waals surface area contributed by atoms with Crippen LogP contribution in [0.5, 0.6) is 0 Å². The summed E-state index contributed by atoms with van der Waals surface area (Å²) in [5, 5.41) is 2.78. The summed E-state index contributed by atoms with van der Waals surface area (Å²) in [4.78, 5) is 14.0. The molecule has 0 aliphatic heterocycles. The van der Waals surface area contributed by atoms with Gasteiger partial charge in [0.2, 0.25) is 15.9 Å². The molecule has 1 atom stereocenters. The van der Waals surface area contributed by atoms with Crippen molar-refractivity contribution in [2.75, 3.05) is 12.8 Å². The average Bonchev–Trinajstić information content (AvgIpc) is 2.67. The lowest BCUT2D eigenvalue weighted by Gasteiger charge is -2.12. The topological polar surface area (TPSA) is 75.3 Å². The molecule has 19 heavy (non-hydrogen) atoms. The summed E-state index contributed by atoms with van der Waals surface area (Å²) in [6.45, 7) is 5.82. The molecule has 0 aliphatic rings. The van der Waals surface area contributed by atoms with Gasteiger partial charge in [-0.15, -0.1) is 11.3 Å². The number of sulfonamides is 1. The smallest absolute Gasteiger partial charge is 0.235 e. The number of hydrogen-bond acceptors (Lipinski definition) is 4. The van der Waals surface area contributed by atoms with E-state index in [1.807, 2.05) is 6.92 Å². The summed E-state index contributed by atoms with van der Waals surface area (Å²) in [5.41, 5.74) is 1.23. The molecule has 1 aromatic heterocycles. The summed E-state index contributed by atoms with van der Waals surface area (Å²) >= 11 is 1.68. The van der Waals surface area contributed by atoms with Crippen molar-refractivity contribution in [3.8, 4) is 0 Å². The minimum absolute atomic E-state index is 0.113. The zero-order valence-corrected chi connectivity index (χ0v) is 13.2. The normalized spacial score (nSPS) is 13.3. The molecular formula is C12H20N2O3S2. The maximum absolute atomic E-state index is 11.6. The van der Waals surface area contributed by atoms with Crippen molar-refractivity contribution in [2.24, 2.45) is 0 Å². The zero-order chi connectivity index (χ0) is 14.6. The molecule has 1 amide bonds. The summed E-state index contributed by atoms with van der Waals surface area (Å²) in [6, 6.07) is 1.95. The van der Waals surface area contributed by atoms with Crippen LogP contribution in [0, 0.1) is 6.92 Å². The zero-order valence-electron chi connectivity index (χ0n) is 11.6. The Morgan fingerprint density at radius 2 is 2.11 bits per heavy atom. The van der Waals surface area contributed by atoms with Gasteiger partial charge in [-0.25, -0.2) is 13.1 Å². The molecule has 0 aliphatic carbocycles. The third-order valence-electron chi connectivity index (χ3n) is 2.66. The van der Waals surface area contributed by atoms with E-state index in [4.69, 9.17) is 0 Å². The molecule has 0 saturated carbocycles. The molecule has 0 radical (unpaired) electrons. The van der Waals surface area contributed by atoms with Crippen molar-refractivity contribution in [1.82, 2.24) is 10.0 Å². The van der Waals surface area contributed by atoms with E-state index in [0.29, 0.717) is 0 Å². The number of amides is 1. The van der Waals surface area contributed by atoms with Crippen LogP contribution >= 0.6 is 11.3 Å². The number of nitrogens with one attached hydrogen (secondary N) is 2. The number of carbonyl (C=O) groups is 1. The fourth-order valence-corrected chi connectivity index (χ4v) is 3.18. The van der Waals surface area contributed by atoms with Gasteiger partial charge in [0.1, 0.15) is 0 Å². The second-order valence-electron chi connectivity index (χ2n) is 4.49. The Labute approximate surface area is 118 Å². The van der Waals surface area contributed by atoms with E-state index in [-0.39, 0.29) is 18.5 Å². The van der Waals surface area contributed by atoms with Crippen LogP contribution in [0.25, 0.3) is 0 Å².